The third kappa shape index (κ3) is 25.5. The molecule has 0 aliphatic heterocycles. The molecule has 0 aliphatic rings. The minimum atomic E-state index is 1.34. The minimum Gasteiger partial charge on any atom is -0.0864 e. The van der Waals surface area contributed by atoms with E-state index >= 15 is 0 Å². The van der Waals surface area contributed by atoms with Gasteiger partial charge in [-0.1, -0.05) is 167 Å². The van der Waals surface area contributed by atoms with Crippen LogP contribution >= 0.6 is 45.2 Å². The Morgan fingerprint density at radius 1 is 0.200 bits per heavy atom. The Morgan fingerprint density at radius 3 is 0.440 bits per heavy atom. The first kappa shape index (κ1) is 26.5. The van der Waals surface area contributed by atoms with Crippen molar-refractivity contribution < 1.29 is 0 Å². The molecule has 0 N–H and O–H groups in total. The van der Waals surface area contributed by atoms with Gasteiger partial charge in [-0.3, -0.25) is 0 Å². The van der Waals surface area contributed by atoms with E-state index in [-0.39, 0.29) is 0 Å². The molecule has 0 fully saturated rings. The highest BCUT2D eigenvalue weighted by Crippen LogP contribution is 2.15. The lowest BCUT2D eigenvalue weighted by molar-refractivity contribution is 0.522. The molecule has 0 heterocycles. The molecule has 152 valence electrons. The molecule has 0 nitrogen and oxygen atoms in total. The Morgan fingerprint density at radius 2 is 0.320 bits per heavy atom. The van der Waals surface area contributed by atoms with Gasteiger partial charge in [-0.05, 0) is 21.7 Å². The molecule has 0 spiro atoms. The van der Waals surface area contributed by atoms with Crippen LogP contribution in [0, 0.1) is 0 Å². The van der Waals surface area contributed by atoms with E-state index in [9.17, 15) is 0 Å². The second kappa shape index (κ2) is 25.5. The summed E-state index contributed by atoms with van der Waals surface area (Å²) in [5, 5.41) is 0. The first-order chi connectivity index (χ1) is 12.4. The molecule has 0 saturated carbocycles. The first-order valence-electron chi connectivity index (χ1n) is 11.5. The second-order valence-corrected chi connectivity index (χ2v) is 9.96. The summed E-state index contributed by atoms with van der Waals surface area (Å²) < 4.78 is 2.69. The zero-order chi connectivity index (χ0) is 18.3. The molecule has 25 heavy (non-hydrogen) atoms. The summed E-state index contributed by atoms with van der Waals surface area (Å²) in [6.07, 6.45) is 31.1. The molecule has 0 amide bonds. The van der Waals surface area contributed by atoms with Crippen LogP contribution in [0.2, 0.25) is 0 Å². The fourth-order valence-corrected chi connectivity index (χ4v) is 4.63. The molecule has 0 aliphatic carbocycles. The highest BCUT2D eigenvalue weighted by Gasteiger charge is 1.95. The Hall–Kier alpha value is 1.46. The van der Waals surface area contributed by atoms with Gasteiger partial charge < -0.3 is 0 Å². The largest absolute Gasteiger partial charge is 0.0864 e. The van der Waals surface area contributed by atoms with Crippen LogP contribution in [-0.4, -0.2) is 8.86 Å². The standard InChI is InChI=1S/C23H46I2/c24-22-20-18-16-14-12-10-8-6-4-2-1-3-5-7-9-11-13-15-17-19-21-23-25/h1-23H2. The van der Waals surface area contributed by atoms with Crippen LogP contribution in [-0.2, 0) is 0 Å². The van der Waals surface area contributed by atoms with Crippen molar-refractivity contribution in [3.8, 4) is 0 Å². The summed E-state index contributed by atoms with van der Waals surface area (Å²) in [7, 11) is 0. The molecule has 0 atom stereocenters. The van der Waals surface area contributed by atoms with Gasteiger partial charge in [0.2, 0.25) is 0 Å². The van der Waals surface area contributed by atoms with Gasteiger partial charge in [0.05, 0.1) is 0 Å². The van der Waals surface area contributed by atoms with E-state index in [0.29, 0.717) is 0 Å². The van der Waals surface area contributed by atoms with Crippen LogP contribution in [0.3, 0.4) is 0 Å². The van der Waals surface area contributed by atoms with Gasteiger partial charge in [-0.2, -0.15) is 0 Å². The molecule has 0 saturated heterocycles. The fourth-order valence-electron chi connectivity index (χ4n) is 3.55. The Kier molecular flexibility index (Phi) is 26.9. The molecule has 2 heteroatoms. The van der Waals surface area contributed by atoms with Crippen molar-refractivity contribution in [3.05, 3.63) is 0 Å². The molecule has 0 radical (unpaired) electrons. The lowest BCUT2D eigenvalue weighted by atomic mass is 10.0. The Labute approximate surface area is 187 Å². The zero-order valence-electron chi connectivity index (χ0n) is 17.0. The van der Waals surface area contributed by atoms with E-state index < -0.39 is 0 Å². The van der Waals surface area contributed by atoms with Crippen LogP contribution in [0.5, 0.6) is 0 Å². The summed E-state index contributed by atoms with van der Waals surface area (Å²) >= 11 is 4.99. The average molecular weight is 576 g/mol. The maximum absolute atomic E-state index is 2.49. The molecule has 0 bridgehead atoms. The average Bonchev–Trinajstić information content (AvgIpc) is 2.63. The van der Waals surface area contributed by atoms with Crippen molar-refractivity contribution in [2.75, 3.05) is 8.86 Å². The molecule has 0 aromatic carbocycles. The van der Waals surface area contributed by atoms with Gasteiger partial charge in [0, 0.05) is 0 Å². The number of alkyl halides is 2. The van der Waals surface area contributed by atoms with Crippen LogP contribution in [0.1, 0.15) is 135 Å². The van der Waals surface area contributed by atoms with Crippen molar-refractivity contribution in [1.82, 2.24) is 0 Å². The van der Waals surface area contributed by atoms with E-state index in [1.54, 1.807) is 0 Å². The number of unbranched alkanes of at least 4 members (excludes halogenated alkanes) is 20. The van der Waals surface area contributed by atoms with E-state index in [4.69, 9.17) is 0 Å². The normalized spacial score (nSPS) is 11.3. The topological polar surface area (TPSA) is 0 Å². The Bertz CT molecular complexity index is 196. The van der Waals surface area contributed by atoms with Gasteiger partial charge in [-0.25, -0.2) is 0 Å². The van der Waals surface area contributed by atoms with Crippen molar-refractivity contribution in [2.24, 2.45) is 0 Å². The first-order valence-corrected chi connectivity index (χ1v) is 14.6. The molecular formula is C23H46I2. The second-order valence-electron chi connectivity index (χ2n) is 7.80. The number of hydrogen-bond donors (Lipinski definition) is 0. The van der Waals surface area contributed by atoms with Crippen LogP contribution in [0.25, 0.3) is 0 Å². The van der Waals surface area contributed by atoms with Gasteiger partial charge in [0.15, 0.2) is 0 Å². The van der Waals surface area contributed by atoms with E-state index in [2.05, 4.69) is 45.2 Å². The number of halogens is 2. The highest BCUT2D eigenvalue weighted by molar-refractivity contribution is 14.1. The highest BCUT2D eigenvalue weighted by atomic mass is 127. The summed E-state index contributed by atoms with van der Waals surface area (Å²) in [6.45, 7) is 0. The molecule has 0 aromatic rings. The minimum absolute atomic E-state index is 1.34. The third-order valence-electron chi connectivity index (χ3n) is 5.27. The maximum Gasteiger partial charge on any atom is -0.000473 e. The zero-order valence-corrected chi connectivity index (χ0v) is 21.3. The van der Waals surface area contributed by atoms with Crippen LogP contribution in [0.15, 0.2) is 0 Å². The van der Waals surface area contributed by atoms with Crippen molar-refractivity contribution >= 4 is 45.2 Å². The summed E-state index contributed by atoms with van der Waals surface area (Å²) in [6, 6.07) is 0. The smallest absolute Gasteiger partial charge is 0.000473 e. The molecule has 0 aromatic heterocycles. The molecular weight excluding hydrogens is 530 g/mol. The van der Waals surface area contributed by atoms with Gasteiger partial charge in [-0.15, -0.1) is 0 Å². The quantitative estimate of drug-likeness (QED) is 0.0684. The van der Waals surface area contributed by atoms with Gasteiger partial charge in [0.25, 0.3) is 0 Å². The van der Waals surface area contributed by atoms with Crippen LogP contribution < -0.4 is 0 Å². The summed E-state index contributed by atoms with van der Waals surface area (Å²) in [4.78, 5) is 0. The molecule has 0 rings (SSSR count). The Balaban J connectivity index is 2.94. The van der Waals surface area contributed by atoms with E-state index in [0.717, 1.165) is 0 Å². The molecule has 0 unspecified atom stereocenters. The lowest BCUT2D eigenvalue weighted by Crippen LogP contribution is -1.84. The number of rotatable bonds is 22. The van der Waals surface area contributed by atoms with Gasteiger partial charge in [0.1, 0.15) is 0 Å². The van der Waals surface area contributed by atoms with Crippen LogP contribution in [0.4, 0.5) is 0 Å². The van der Waals surface area contributed by atoms with Crippen molar-refractivity contribution in [1.29, 1.82) is 0 Å². The van der Waals surface area contributed by atoms with E-state index in [1.807, 2.05) is 0 Å². The van der Waals surface area contributed by atoms with Gasteiger partial charge >= 0.3 is 0 Å². The lowest BCUT2D eigenvalue weighted by Gasteiger charge is -2.04. The SMILES string of the molecule is ICCCCCCCCCCCCCCCCCCCCCCCI. The van der Waals surface area contributed by atoms with E-state index in [1.165, 1.54) is 144 Å². The monoisotopic (exact) mass is 576 g/mol. The summed E-state index contributed by atoms with van der Waals surface area (Å²) in [5.41, 5.74) is 0. The number of hydrogen-bond acceptors (Lipinski definition) is 0. The fraction of sp³-hybridized carbons (Fsp3) is 1.00. The maximum atomic E-state index is 2.49. The van der Waals surface area contributed by atoms with Crippen molar-refractivity contribution in [2.45, 2.75) is 135 Å². The van der Waals surface area contributed by atoms with Crippen molar-refractivity contribution in [3.63, 3.8) is 0 Å². The summed E-state index contributed by atoms with van der Waals surface area (Å²) in [5.74, 6) is 0. The predicted octanol–water partition coefficient (Wildman–Crippen LogP) is 10.0. The third-order valence-corrected chi connectivity index (χ3v) is 6.79. The predicted molar refractivity (Wildman–Crippen MR) is 135 cm³/mol.